The minimum atomic E-state index is -1.31. The Kier molecular flexibility index (Phi) is 6.35. The van der Waals surface area contributed by atoms with Crippen molar-refractivity contribution in [1.29, 1.82) is 0 Å². The molecule has 0 heterocycles. The number of amides is 1. The normalized spacial score (nSPS) is 12.7. The number of nitro groups is 1. The van der Waals surface area contributed by atoms with Crippen molar-refractivity contribution in [2.75, 3.05) is 13.7 Å². The van der Waals surface area contributed by atoms with E-state index in [-0.39, 0.29) is 30.0 Å². The van der Waals surface area contributed by atoms with Crippen LogP contribution in [0.2, 0.25) is 0 Å². The number of nitro benzene ring substituents is 1. The second-order valence-corrected chi connectivity index (χ2v) is 6.37. The Morgan fingerprint density at radius 3 is 2.39 bits per heavy atom. The number of carbonyl (C=O) groups is 2. The molecule has 0 radical (unpaired) electrons. The van der Waals surface area contributed by atoms with Crippen LogP contribution in [0.5, 0.6) is 5.75 Å². The van der Waals surface area contributed by atoms with Crippen LogP contribution in [0.4, 0.5) is 5.69 Å². The molecule has 8 heteroatoms. The van der Waals surface area contributed by atoms with E-state index < -0.39 is 22.2 Å². The molecule has 0 aliphatic heterocycles. The molecule has 0 aliphatic carbocycles. The van der Waals surface area contributed by atoms with Gasteiger partial charge in [-0.25, -0.2) is 0 Å². The Balaban J connectivity index is 2.35. The molecule has 28 heavy (non-hydrogen) atoms. The lowest BCUT2D eigenvalue weighted by molar-refractivity contribution is -0.385. The number of methoxy groups -OCH3 is 1. The van der Waals surface area contributed by atoms with Crippen molar-refractivity contribution in [3.63, 3.8) is 0 Å². The summed E-state index contributed by atoms with van der Waals surface area (Å²) in [6.07, 6.45) is 0.254. The molecule has 0 fully saturated rings. The van der Waals surface area contributed by atoms with Crippen molar-refractivity contribution in [2.45, 2.75) is 25.7 Å². The van der Waals surface area contributed by atoms with E-state index in [2.05, 4.69) is 5.32 Å². The summed E-state index contributed by atoms with van der Waals surface area (Å²) in [5, 5.41) is 23.7. The van der Waals surface area contributed by atoms with Gasteiger partial charge in [0.05, 0.1) is 17.6 Å². The number of carbonyl (C=O) groups excluding carboxylic acids is 1. The zero-order valence-electron chi connectivity index (χ0n) is 15.9. The number of carboxylic acid groups (broad SMARTS) is 1. The molecule has 2 N–H and O–H groups in total. The smallest absolute Gasteiger partial charge is 0.315 e. The van der Waals surface area contributed by atoms with Gasteiger partial charge in [0.2, 0.25) is 0 Å². The van der Waals surface area contributed by atoms with Gasteiger partial charge >= 0.3 is 5.97 Å². The summed E-state index contributed by atoms with van der Waals surface area (Å²) < 4.78 is 5.12. The SMILES string of the molecule is CCC(CNC(=O)c1cc(OC)c(C)c([N+](=O)[O-])c1)(C(=O)O)c1ccccc1. The van der Waals surface area contributed by atoms with Crippen molar-refractivity contribution in [2.24, 2.45) is 0 Å². The van der Waals surface area contributed by atoms with Crippen LogP contribution < -0.4 is 10.1 Å². The molecular formula is C20H22N2O6. The third kappa shape index (κ3) is 3.95. The van der Waals surface area contributed by atoms with Crippen LogP contribution in [0.25, 0.3) is 0 Å². The molecular weight excluding hydrogens is 364 g/mol. The minimum Gasteiger partial charge on any atom is -0.496 e. The molecule has 2 aromatic carbocycles. The van der Waals surface area contributed by atoms with E-state index in [1.807, 2.05) is 0 Å². The lowest BCUT2D eigenvalue weighted by atomic mass is 9.78. The van der Waals surface area contributed by atoms with Crippen molar-refractivity contribution in [3.8, 4) is 5.75 Å². The van der Waals surface area contributed by atoms with Crippen LogP contribution in [-0.4, -0.2) is 35.6 Å². The van der Waals surface area contributed by atoms with Crippen LogP contribution in [0, 0.1) is 17.0 Å². The first-order valence-corrected chi connectivity index (χ1v) is 8.67. The maximum atomic E-state index is 12.6. The number of aliphatic carboxylic acids is 1. The van der Waals surface area contributed by atoms with Gasteiger partial charge in [-0.3, -0.25) is 19.7 Å². The van der Waals surface area contributed by atoms with Crippen LogP contribution in [-0.2, 0) is 10.2 Å². The summed E-state index contributed by atoms with van der Waals surface area (Å²) in [6.45, 7) is 3.10. The van der Waals surface area contributed by atoms with Gasteiger partial charge in [0.15, 0.2) is 0 Å². The van der Waals surface area contributed by atoms with Gasteiger partial charge < -0.3 is 15.2 Å². The summed E-state index contributed by atoms with van der Waals surface area (Å²) in [6, 6.07) is 11.2. The molecule has 0 bridgehead atoms. The number of hydrogen-bond donors (Lipinski definition) is 2. The highest BCUT2D eigenvalue weighted by Crippen LogP contribution is 2.30. The second-order valence-electron chi connectivity index (χ2n) is 6.37. The first kappa shape index (κ1) is 20.9. The van der Waals surface area contributed by atoms with E-state index in [1.165, 1.54) is 20.1 Å². The molecule has 1 atom stereocenters. The quantitative estimate of drug-likeness (QED) is 0.532. The third-order valence-electron chi connectivity index (χ3n) is 4.90. The minimum absolute atomic E-state index is 0.0256. The highest BCUT2D eigenvalue weighted by Gasteiger charge is 2.39. The van der Waals surface area contributed by atoms with Crippen LogP contribution in [0.1, 0.15) is 34.8 Å². The largest absolute Gasteiger partial charge is 0.496 e. The molecule has 1 amide bonds. The maximum absolute atomic E-state index is 12.6. The number of nitrogens with zero attached hydrogens (tertiary/aromatic N) is 1. The maximum Gasteiger partial charge on any atom is 0.315 e. The van der Waals surface area contributed by atoms with E-state index in [0.29, 0.717) is 11.1 Å². The molecule has 2 rings (SSSR count). The van der Waals surface area contributed by atoms with Gasteiger partial charge in [0.25, 0.3) is 11.6 Å². The fourth-order valence-corrected chi connectivity index (χ4v) is 3.08. The van der Waals surface area contributed by atoms with Crippen LogP contribution in [0.15, 0.2) is 42.5 Å². The predicted octanol–water partition coefficient (Wildman–Crippen LogP) is 3.07. The molecule has 0 aliphatic rings. The topological polar surface area (TPSA) is 119 Å². The van der Waals surface area contributed by atoms with E-state index in [4.69, 9.17) is 4.74 Å². The fourth-order valence-electron chi connectivity index (χ4n) is 3.08. The summed E-state index contributed by atoms with van der Waals surface area (Å²) >= 11 is 0. The Hall–Kier alpha value is -3.42. The van der Waals surface area contributed by atoms with E-state index in [1.54, 1.807) is 37.3 Å². The zero-order valence-corrected chi connectivity index (χ0v) is 15.9. The average Bonchev–Trinajstić information content (AvgIpc) is 2.69. The molecule has 148 valence electrons. The first-order valence-electron chi connectivity index (χ1n) is 8.67. The molecule has 0 aromatic heterocycles. The van der Waals surface area contributed by atoms with Crippen molar-refractivity contribution in [3.05, 3.63) is 69.3 Å². The van der Waals surface area contributed by atoms with Crippen molar-refractivity contribution < 1.29 is 24.4 Å². The number of hydrogen-bond acceptors (Lipinski definition) is 5. The Morgan fingerprint density at radius 1 is 1.25 bits per heavy atom. The monoisotopic (exact) mass is 386 g/mol. The Labute approximate surface area is 162 Å². The Morgan fingerprint density at radius 2 is 1.89 bits per heavy atom. The molecule has 0 saturated carbocycles. The van der Waals surface area contributed by atoms with Gasteiger partial charge in [-0.2, -0.15) is 0 Å². The molecule has 8 nitrogen and oxygen atoms in total. The van der Waals surface area contributed by atoms with Crippen molar-refractivity contribution >= 4 is 17.6 Å². The lowest BCUT2D eigenvalue weighted by Crippen LogP contribution is -2.46. The predicted molar refractivity (Wildman–Crippen MR) is 103 cm³/mol. The highest BCUT2D eigenvalue weighted by atomic mass is 16.6. The number of nitrogens with one attached hydrogen (secondary N) is 1. The molecule has 1 unspecified atom stereocenters. The summed E-state index contributed by atoms with van der Waals surface area (Å²) in [5.74, 6) is -1.47. The van der Waals surface area contributed by atoms with E-state index in [9.17, 15) is 24.8 Å². The van der Waals surface area contributed by atoms with Gasteiger partial charge in [-0.05, 0) is 25.0 Å². The van der Waals surface area contributed by atoms with Gasteiger partial charge in [-0.15, -0.1) is 0 Å². The number of rotatable bonds is 8. The third-order valence-corrected chi connectivity index (χ3v) is 4.90. The standard InChI is InChI=1S/C20H22N2O6/c1-4-20(19(24)25,15-8-6-5-7-9-15)12-21-18(23)14-10-16(22(26)27)13(2)17(11-14)28-3/h5-11H,4,12H2,1-3H3,(H,21,23)(H,24,25). The van der Waals surface area contributed by atoms with Gasteiger partial charge in [-0.1, -0.05) is 37.3 Å². The molecule has 0 saturated heterocycles. The average molecular weight is 386 g/mol. The Bertz CT molecular complexity index is 897. The fraction of sp³-hybridized carbons (Fsp3) is 0.300. The number of ether oxygens (including phenoxy) is 1. The summed E-state index contributed by atoms with van der Waals surface area (Å²) in [7, 11) is 1.36. The molecule has 2 aromatic rings. The molecule has 0 spiro atoms. The second kappa shape index (κ2) is 8.51. The van der Waals surface area contributed by atoms with Crippen LogP contribution in [0.3, 0.4) is 0 Å². The van der Waals surface area contributed by atoms with Crippen molar-refractivity contribution in [1.82, 2.24) is 5.32 Å². The number of benzene rings is 2. The van der Waals surface area contributed by atoms with Gasteiger partial charge in [0.1, 0.15) is 11.2 Å². The number of carboxylic acids is 1. The summed E-state index contributed by atoms with van der Waals surface area (Å²) in [5.41, 5.74) is -0.651. The highest BCUT2D eigenvalue weighted by molar-refractivity contribution is 5.96. The van der Waals surface area contributed by atoms with Crippen LogP contribution >= 0.6 is 0 Å². The lowest BCUT2D eigenvalue weighted by Gasteiger charge is -2.29. The first-order chi connectivity index (χ1) is 13.3. The van der Waals surface area contributed by atoms with E-state index >= 15 is 0 Å². The van der Waals surface area contributed by atoms with E-state index in [0.717, 1.165) is 6.07 Å². The zero-order chi connectivity index (χ0) is 20.9. The van der Waals surface area contributed by atoms with Gasteiger partial charge in [0, 0.05) is 18.2 Å². The summed E-state index contributed by atoms with van der Waals surface area (Å²) in [4.78, 5) is 35.3.